The Hall–Kier alpha value is -1.62. The van der Waals surface area contributed by atoms with Crippen LogP contribution >= 0.6 is 0 Å². The summed E-state index contributed by atoms with van der Waals surface area (Å²) < 4.78 is 13.5. The van der Waals surface area contributed by atoms with Gasteiger partial charge in [0, 0.05) is 5.69 Å². The van der Waals surface area contributed by atoms with E-state index in [1.54, 1.807) is 0 Å². The number of benzene rings is 1. The van der Waals surface area contributed by atoms with E-state index in [1.807, 2.05) is 0 Å². The fourth-order valence-corrected chi connectivity index (χ4v) is 2.35. The Kier molecular flexibility index (Phi) is 4.28. The van der Waals surface area contributed by atoms with Gasteiger partial charge in [0.05, 0.1) is 12.2 Å². The molecule has 1 fully saturated rings. The summed E-state index contributed by atoms with van der Waals surface area (Å²) >= 11 is 0. The van der Waals surface area contributed by atoms with Gasteiger partial charge in [-0.15, -0.1) is 0 Å². The first kappa shape index (κ1) is 14.8. The minimum Gasteiger partial charge on any atom is -0.399 e. The van der Waals surface area contributed by atoms with Crippen LogP contribution in [0.15, 0.2) is 18.2 Å². The van der Waals surface area contributed by atoms with Crippen LogP contribution in [-0.4, -0.2) is 30.4 Å². The van der Waals surface area contributed by atoms with Crippen molar-refractivity contribution in [3.63, 3.8) is 0 Å². The Balaban J connectivity index is 1.88. The Morgan fingerprint density at radius 3 is 2.70 bits per heavy atom. The predicted octanol–water partition coefficient (Wildman–Crippen LogP) is 2.47. The molecule has 1 aromatic rings. The van der Waals surface area contributed by atoms with E-state index in [4.69, 9.17) is 5.73 Å². The summed E-state index contributed by atoms with van der Waals surface area (Å²) in [6, 6.07) is 4.17. The number of amides is 1. The molecule has 1 aliphatic heterocycles. The number of nitrogens with one attached hydrogen (secondary N) is 1. The first-order chi connectivity index (χ1) is 9.35. The van der Waals surface area contributed by atoms with Crippen LogP contribution in [-0.2, 0) is 4.79 Å². The molecule has 0 bridgehead atoms. The Labute approximate surface area is 119 Å². The molecule has 1 aliphatic rings. The number of carbonyl (C=O) groups excluding carboxylic acids is 1. The fraction of sp³-hybridized carbons (Fsp3) is 0.533. The molecule has 0 radical (unpaired) electrons. The van der Waals surface area contributed by atoms with Crippen molar-refractivity contribution >= 4 is 17.3 Å². The number of nitrogen functional groups attached to an aromatic ring is 1. The Morgan fingerprint density at radius 2 is 2.05 bits per heavy atom. The van der Waals surface area contributed by atoms with Crippen LogP contribution in [0.5, 0.6) is 0 Å². The summed E-state index contributed by atoms with van der Waals surface area (Å²) in [5.41, 5.74) is 6.52. The Morgan fingerprint density at radius 1 is 1.40 bits per heavy atom. The van der Waals surface area contributed by atoms with Crippen LogP contribution in [0.3, 0.4) is 0 Å². The number of piperidine rings is 1. The summed E-state index contributed by atoms with van der Waals surface area (Å²) in [6.45, 7) is 6.59. The van der Waals surface area contributed by atoms with E-state index in [1.165, 1.54) is 18.2 Å². The second-order valence-corrected chi connectivity index (χ2v) is 6.23. The van der Waals surface area contributed by atoms with Crippen LogP contribution in [0.4, 0.5) is 15.8 Å². The number of rotatable bonds is 3. The van der Waals surface area contributed by atoms with Gasteiger partial charge in [-0.05, 0) is 49.5 Å². The van der Waals surface area contributed by atoms with Crippen LogP contribution in [0.1, 0.15) is 26.7 Å². The fourth-order valence-electron chi connectivity index (χ4n) is 2.35. The number of hydrogen-bond donors (Lipinski definition) is 2. The maximum Gasteiger partial charge on any atom is 0.238 e. The van der Waals surface area contributed by atoms with E-state index >= 15 is 0 Å². The average Bonchev–Trinajstić information content (AvgIpc) is 2.36. The maximum atomic E-state index is 13.5. The van der Waals surface area contributed by atoms with Gasteiger partial charge in [-0.3, -0.25) is 9.69 Å². The Bertz CT molecular complexity index is 492. The van der Waals surface area contributed by atoms with Gasteiger partial charge in [0.25, 0.3) is 0 Å². The molecular formula is C15H22FN3O. The number of anilines is 2. The number of carbonyl (C=O) groups is 1. The van der Waals surface area contributed by atoms with Crippen LogP contribution in [0.2, 0.25) is 0 Å². The lowest BCUT2D eigenvalue weighted by Crippen LogP contribution is -2.41. The van der Waals surface area contributed by atoms with Gasteiger partial charge in [0.15, 0.2) is 0 Å². The zero-order valence-electron chi connectivity index (χ0n) is 12.1. The summed E-state index contributed by atoms with van der Waals surface area (Å²) in [7, 11) is 0. The standard InChI is InChI=1S/C15H22FN3O/c1-15(2)5-7-19(8-6-15)10-14(20)18-13-9-11(17)3-4-12(13)16/h3-4,9H,5-8,10,17H2,1-2H3,(H,18,20). The molecule has 0 unspecified atom stereocenters. The van der Waals surface area contributed by atoms with Gasteiger partial charge in [-0.2, -0.15) is 0 Å². The molecular weight excluding hydrogens is 257 g/mol. The zero-order valence-corrected chi connectivity index (χ0v) is 12.1. The summed E-state index contributed by atoms with van der Waals surface area (Å²) in [5, 5.41) is 2.58. The highest BCUT2D eigenvalue weighted by molar-refractivity contribution is 5.92. The maximum absolute atomic E-state index is 13.5. The molecule has 20 heavy (non-hydrogen) atoms. The van der Waals surface area contributed by atoms with Crippen molar-refractivity contribution in [1.82, 2.24) is 4.90 Å². The second-order valence-electron chi connectivity index (χ2n) is 6.23. The van der Waals surface area contributed by atoms with E-state index in [0.717, 1.165) is 25.9 Å². The van der Waals surface area contributed by atoms with Gasteiger partial charge in [-0.25, -0.2) is 4.39 Å². The van der Waals surface area contributed by atoms with Gasteiger partial charge in [0.1, 0.15) is 5.82 Å². The van der Waals surface area contributed by atoms with E-state index in [0.29, 0.717) is 17.6 Å². The summed E-state index contributed by atoms with van der Waals surface area (Å²) in [5.74, 6) is -0.665. The highest BCUT2D eigenvalue weighted by Crippen LogP contribution is 2.29. The molecule has 3 N–H and O–H groups in total. The first-order valence-electron chi connectivity index (χ1n) is 6.93. The highest BCUT2D eigenvalue weighted by Gasteiger charge is 2.26. The molecule has 1 amide bonds. The molecule has 1 heterocycles. The van der Waals surface area contributed by atoms with Gasteiger partial charge in [0.2, 0.25) is 5.91 Å². The van der Waals surface area contributed by atoms with Crippen molar-refractivity contribution in [2.75, 3.05) is 30.7 Å². The van der Waals surface area contributed by atoms with Gasteiger partial charge in [-0.1, -0.05) is 13.8 Å². The zero-order chi connectivity index (χ0) is 14.8. The van der Waals surface area contributed by atoms with E-state index in [2.05, 4.69) is 24.1 Å². The van der Waals surface area contributed by atoms with Crippen molar-refractivity contribution in [2.45, 2.75) is 26.7 Å². The number of hydrogen-bond acceptors (Lipinski definition) is 3. The largest absolute Gasteiger partial charge is 0.399 e. The number of likely N-dealkylation sites (tertiary alicyclic amines) is 1. The number of halogens is 1. The lowest BCUT2D eigenvalue weighted by Gasteiger charge is -2.36. The molecule has 110 valence electrons. The van der Waals surface area contributed by atoms with Gasteiger partial charge < -0.3 is 11.1 Å². The lowest BCUT2D eigenvalue weighted by molar-refractivity contribution is -0.117. The smallest absolute Gasteiger partial charge is 0.238 e. The molecule has 1 aromatic carbocycles. The molecule has 0 aromatic heterocycles. The van der Waals surface area contributed by atoms with Crippen molar-refractivity contribution in [1.29, 1.82) is 0 Å². The molecule has 0 spiro atoms. The molecule has 4 nitrogen and oxygen atoms in total. The van der Waals surface area contributed by atoms with Crippen molar-refractivity contribution in [3.8, 4) is 0 Å². The van der Waals surface area contributed by atoms with E-state index < -0.39 is 5.82 Å². The van der Waals surface area contributed by atoms with Crippen molar-refractivity contribution < 1.29 is 9.18 Å². The monoisotopic (exact) mass is 279 g/mol. The lowest BCUT2D eigenvalue weighted by atomic mass is 9.83. The van der Waals surface area contributed by atoms with Gasteiger partial charge >= 0.3 is 0 Å². The first-order valence-corrected chi connectivity index (χ1v) is 6.93. The molecule has 5 heteroatoms. The number of nitrogens with two attached hydrogens (primary N) is 1. The van der Waals surface area contributed by atoms with E-state index in [-0.39, 0.29) is 11.6 Å². The third-order valence-electron chi connectivity index (χ3n) is 3.84. The minimum atomic E-state index is -0.465. The number of nitrogens with zero attached hydrogens (tertiary/aromatic N) is 1. The summed E-state index contributed by atoms with van der Waals surface area (Å²) in [6.07, 6.45) is 2.15. The van der Waals surface area contributed by atoms with Crippen molar-refractivity contribution in [2.24, 2.45) is 5.41 Å². The topological polar surface area (TPSA) is 58.4 Å². The summed E-state index contributed by atoms with van der Waals surface area (Å²) in [4.78, 5) is 14.0. The SMILES string of the molecule is CC1(C)CCN(CC(=O)Nc2cc(N)ccc2F)CC1. The molecule has 1 saturated heterocycles. The molecule has 0 aliphatic carbocycles. The van der Waals surface area contributed by atoms with Crippen molar-refractivity contribution in [3.05, 3.63) is 24.0 Å². The minimum absolute atomic E-state index is 0.146. The molecule has 0 atom stereocenters. The normalized spacial score (nSPS) is 18.8. The van der Waals surface area contributed by atoms with E-state index in [9.17, 15) is 9.18 Å². The second kappa shape index (κ2) is 5.79. The average molecular weight is 279 g/mol. The van der Waals surface area contributed by atoms with Crippen LogP contribution < -0.4 is 11.1 Å². The van der Waals surface area contributed by atoms with Crippen LogP contribution in [0, 0.1) is 11.2 Å². The predicted molar refractivity (Wildman–Crippen MR) is 78.9 cm³/mol. The third-order valence-corrected chi connectivity index (χ3v) is 3.84. The highest BCUT2D eigenvalue weighted by atomic mass is 19.1. The quantitative estimate of drug-likeness (QED) is 0.836. The third kappa shape index (κ3) is 3.93. The molecule has 2 rings (SSSR count). The van der Waals surface area contributed by atoms with Crippen LogP contribution in [0.25, 0.3) is 0 Å². The molecule has 0 saturated carbocycles.